The van der Waals surface area contributed by atoms with E-state index < -0.39 is 0 Å². The first-order valence-corrected chi connectivity index (χ1v) is 9.82. The van der Waals surface area contributed by atoms with Gasteiger partial charge in [-0.2, -0.15) is 0 Å². The highest BCUT2D eigenvalue weighted by atomic mass is 35.5. The molecule has 0 aliphatic rings. The smallest absolute Gasteiger partial charge is 0.196 e. The van der Waals surface area contributed by atoms with Crippen LogP contribution in [0, 0.1) is 11.6 Å². The summed E-state index contributed by atoms with van der Waals surface area (Å²) in [4.78, 5) is 0. The molecule has 0 atom stereocenters. The molecule has 0 bridgehead atoms. The van der Waals surface area contributed by atoms with Crippen molar-refractivity contribution in [2.45, 2.75) is 10.9 Å². The number of hydrogen-bond donors (Lipinski definition) is 0. The van der Waals surface area contributed by atoms with E-state index in [2.05, 4.69) is 10.2 Å². The first-order chi connectivity index (χ1) is 13.6. The predicted octanol–water partition coefficient (Wildman–Crippen LogP) is 6.16. The Morgan fingerprint density at radius 3 is 2.32 bits per heavy atom. The van der Waals surface area contributed by atoms with Crippen LogP contribution in [0.3, 0.4) is 0 Å². The van der Waals surface area contributed by atoms with Gasteiger partial charge in [0.05, 0.1) is 0 Å². The third-order valence-electron chi connectivity index (χ3n) is 4.16. The van der Waals surface area contributed by atoms with Crippen molar-refractivity contribution in [2.75, 3.05) is 0 Å². The number of aromatic nitrogens is 3. The average molecular weight is 414 g/mol. The first kappa shape index (κ1) is 18.7. The molecule has 1 aromatic heterocycles. The Hall–Kier alpha value is -2.70. The molecule has 0 unspecified atom stereocenters. The van der Waals surface area contributed by atoms with Gasteiger partial charge in [-0.1, -0.05) is 47.6 Å². The van der Waals surface area contributed by atoms with Crippen LogP contribution in [0.15, 0.2) is 78.0 Å². The minimum Gasteiger partial charge on any atom is -0.270 e. The zero-order valence-corrected chi connectivity index (χ0v) is 16.1. The molecule has 0 N–H and O–H groups in total. The fraction of sp³-hybridized carbons (Fsp3) is 0.0476. The van der Waals surface area contributed by atoms with E-state index in [1.807, 2.05) is 34.9 Å². The Bertz CT molecular complexity index is 1080. The predicted molar refractivity (Wildman–Crippen MR) is 108 cm³/mol. The minimum atomic E-state index is -0.357. The number of nitrogens with zero attached hydrogens (tertiary/aromatic N) is 3. The molecule has 4 aromatic rings. The summed E-state index contributed by atoms with van der Waals surface area (Å²) < 4.78 is 29.3. The second-order valence-corrected chi connectivity index (χ2v) is 7.32. The van der Waals surface area contributed by atoms with Gasteiger partial charge in [0.2, 0.25) is 0 Å². The summed E-state index contributed by atoms with van der Waals surface area (Å²) in [5.74, 6) is 0.205. The molecule has 140 valence electrons. The summed E-state index contributed by atoms with van der Waals surface area (Å²) >= 11 is 7.47. The molecule has 0 aliphatic heterocycles. The molecule has 0 saturated carbocycles. The Balaban J connectivity index is 1.74. The normalized spacial score (nSPS) is 11.0. The summed E-state index contributed by atoms with van der Waals surface area (Å²) in [5.41, 5.74) is 2.00. The lowest BCUT2D eigenvalue weighted by molar-refractivity contribution is 0.617. The molecule has 0 aliphatic carbocycles. The Labute approximate surface area is 170 Å². The van der Waals surface area contributed by atoms with E-state index >= 15 is 0 Å². The van der Waals surface area contributed by atoms with Crippen molar-refractivity contribution in [1.29, 1.82) is 0 Å². The van der Waals surface area contributed by atoms with Crippen LogP contribution < -0.4 is 0 Å². The van der Waals surface area contributed by atoms with Gasteiger partial charge >= 0.3 is 0 Å². The number of halogens is 3. The maximum atomic E-state index is 14.1. The zero-order valence-electron chi connectivity index (χ0n) is 14.5. The van der Waals surface area contributed by atoms with Gasteiger partial charge in [0, 0.05) is 27.6 Å². The lowest BCUT2D eigenvalue weighted by Gasteiger charge is -2.11. The van der Waals surface area contributed by atoms with Crippen LogP contribution in [0.25, 0.3) is 17.1 Å². The maximum absolute atomic E-state index is 14.1. The fourth-order valence-electron chi connectivity index (χ4n) is 2.77. The quantitative estimate of drug-likeness (QED) is 0.367. The molecule has 1 heterocycles. The van der Waals surface area contributed by atoms with Crippen LogP contribution in [-0.2, 0) is 5.75 Å². The Morgan fingerprint density at radius 2 is 1.61 bits per heavy atom. The average Bonchev–Trinajstić information content (AvgIpc) is 3.13. The van der Waals surface area contributed by atoms with Gasteiger partial charge in [0.1, 0.15) is 11.6 Å². The van der Waals surface area contributed by atoms with Crippen molar-refractivity contribution >= 4 is 23.4 Å². The van der Waals surface area contributed by atoms with Crippen LogP contribution >= 0.6 is 23.4 Å². The van der Waals surface area contributed by atoms with E-state index in [9.17, 15) is 8.78 Å². The number of hydrogen-bond acceptors (Lipinski definition) is 3. The Kier molecular flexibility index (Phi) is 5.41. The van der Waals surface area contributed by atoms with Gasteiger partial charge in [-0.05, 0) is 48.5 Å². The van der Waals surface area contributed by atoms with Crippen molar-refractivity contribution < 1.29 is 8.78 Å². The molecular formula is C21H14ClF2N3S. The zero-order chi connectivity index (χ0) is 19.5. The molecule has 0 spiro atoms. The van der Waals surface area contributed by atoms with Gasteiger partial charge < -0.3 is 0 Å². The molecular weight excluding hydrogens is 400 g/mol. The second-order valence-electron chi connectivity index (χ2n) is 5.97. The molecule has 0 amide bonds. The summed E-state index contributed by atoms with van der Waals surface area (Å²) in [6.07, 6.45) is 0. The van der Waals surface area contributed by atoms with Crippen LogP contribution in [0.5, 0.6) is 0 Å². The number of benzene rings is 3. The number of thioether (sulfide) groups is 1. The molecule has 0 fully saturated rings. The molecule has 7 heteroatoms. The highest BCUT2D eigenvalue weighted by Gasteiger charge is 2.17. The third-order valence-corrected chi connectivity index (χ3v) is 5.47. The van der Waals surface area contributed by atoms with E-state index in [4.69, 9.17) is 11.6 Å². The largest absolute Gasteiger partial charge is 0.270 e. The van der Waals surface area contributed by atoms with Gasteiger partial charge in [0.15, 0.2) is 11.0 Å². The van der Waals surface area contributed by atoms with Crippen molar-refractivity contribution in [3.05, 3.63) is 95.0 Å². The molecule has 0 saturated heterocycles. The molecule has 0 radical (unpaired) electrons. The first-order valence-electron chi connectivity index (χ1n) is 8.46. The topological polar surface area (TPSA) is 30.7 Å². The van der Waals surface area contributed by atoms with Crippen molar-refractivity contribution in [3.8, 4) is 17.1 Å². The molecule has 3 nitrogen and oxygen atoms in total. The van der Waals surface area contributed by atoms with Crippen LogP contribution in [0.1, 0.15) is 5.56 Å². The lowest BCUT2D eigenvalue weighted by Crippen LogP contribution is -2.00. The number of rotatable bonds is 5. The van der Waals surface area contributed by atoms with Crippen LogP contribution in [0.4, 0.5) is 8.78 Å². The van der Waals surface area contributed by atoms with E-state index in [0.29, 0.717) is 27.3 Å². The van der Waals surface area contributed by atoms with E-state index in [1.165, 1.54) is 30.0 Å². The summed E-state index contributed by atoms with van der Waals surface area (Å²) in [6, 6.07) is 20.3. The fourth-order valence-corrected chi connectivity index (χ4v) is 4.06. The molecule has 28 heavy (non-hydrogen) atoms. The van der Waals surface area contributed by atoms with Gasteiger partial charge in [0.25, 0.3) is 0 Å². The lowest BCUT2D eigenvalue weighted by atomic mass is 10.2. The van der Waals surface area contributed by atoms with Crippen molar-refractivity contribution in [3.63, 3.8) is 0 Å². The van der Waals surface area contributed by atoms with E-state index in [1.54, 1.807) is 24.3 Å². The van der Waals surface area contributed by atoms with E-state index in [0.717, 1.165) is 11.3 Å². The standard InChI is InChI=1S/C21H14ClF2N3S/c22-18-7-4-8-19(24)17(18)13-28-21-26-25-20(14-9-11-15(23)12-10-14)27(21)16-5-2-1-3-6-16/h1-12H,13H2. The highest BCUT2D eigenvalue weighted by molar-refractivity contribution is 7.98. The number of para-hydroxylation sites is 1. The van der Waals surface area contributed by atoms with Crippen molar-refractivity contribution in [2.24, 2.45) is 0 Å². The van der Waals surface area contributed by atoms with Gasteiger partial charge in [-0.25, -0.2) is 8.78 Å². The molecule has 4 rings (SSSR count). The second kappa shape index (κ2) is 8.12. The molecule has 3 aromatic carbocycles. The van der Waals surface area contributed by atoms with Gasteiger partial charge in [-0.15, -0.1) is 10.2 Å². The Morgan fingerprint density at radius 1 is 0.857 bits per heavy atom. The summed E-state index contributed by atoms with van der Waals surface area (Å²) in [6.45, 7) is 0. The maximum Gasteiger partial charge on any atom is 0.196 e. The monoisotopic (exact) mass is 413 g/mol. The van der Waals surface area contributed by atoms with Crippen molar-refractivity contribution in [1.82, 2.24) is 14.8 Å². The summed E-state index contributed by atoms with van der Waals surface area (Å²) in [5, 5.41) is 9.53. The van der Waals surface area contributed by atoms with Crippen LogP contribution in [-0.4, -0.2) is 14.8 Å². The minimum absolute atomic E-state index is 0.305. The third kappa shape index (κ3) is 3.79. The van der Waals surface area contributed by atoms with E-state index in [-0.39, 0.29) is 11.6 Å². The SMILES string of the molecule is Fc1ccc(-c2nnc(SCc3c(F)cccc3Cl)n2-c2ccccc2)cc1. The van der Waals surface area contributed by atoms with Gasteiger partial charge in [-0.3, -0.25) is 4.57 Å². The highest BCUT2D eigenvalue weighted by Crippen LogP contribution is 2.32. The van der Waals surface area contributed by atoms with Crippen LogP contribution in [0.2, 0.25) is 5.02 Å². The summed E-state index contributed by atoms with van der Waals surface area (Å²) in [7, 11) is 0.